The highest BCUT2D eigenvalue weighted by Crippen LogP contribution is 2.55. The Morgan fingerprint density at radius 2 is 2.21 bits per heavy atom. The van der Waals surface area contributed by atoms with E-state index in [9.17, 15) is 4.79 Å². The molecule has 24 heavy (non-hydrogen) atoms. The van der Waals surface area contributed by atoms with Crippen molar-refractivity contribution in [3.8, 4) is 0 Å². The third-order valence-electron chi connectivity index (χ3n) is 6.01. The molecule has 1 atom stereocenters. The molecule has 126 valence electrons. The number of nitrogens with zero attached hydrogens (tertiary/aromatic N) is 5. The van der Waals surface area contributed by atoms with E-state index in [4.69, 9.17) is 4.98 Å². The van der Waals surface area contributed by atoms with Crippen LogP contribution in [0.4, 0.5) is 0 Å². The summed E-state index contributed by atoms with van der Waals surface area (Å²) >= 11 is 0. The summed E-state index contributed by atoms with van der Waals surface area (Å²) in [5, 5.41) is 11.9. The van der Waals surface area contributed by atoms with E-state index in [2.05, 4.69) is 15.3 Å². The van der Waals surface area contributed by atoms with Gasteiger partial charge in [0, 0.05) is 38.2 Å². The number of aryl methyl sites for hydroxylation is 1. The minimum Gasteiger partial charge on any atom is -0.336 e. The smallest absolute Gasteiger partial charge is 0.274 e. The Labute approximate surface area is 140 Å². The van der Waals surface area contributed by atoms with Gasteiger partial charge in [-0.2, -0.15) is 10.2 Å². The van der Waals surface area contributed by atoms with Gasteiger partial charge in [0.05, 0.1) is 0 Å². The molecule has 2 saturated carbocycles. The van der Waals surface area contributed by atoms with Crippen LogP contribution < -0.4 is 0 Å². The molecule has 7 heteroatoms. The zero-order chi connectivity index (χ0) is 16.3. The van der Waals surface area contributed by atoms with Gasteiger partial charge >= 0.3 is 0 Å². The highest BCUT2D eigenvalue weighted by Gasteiger charge is 2.53. The number of carbonyl (C=O) groups excluding carboxylic acids is 1. The minimum atomic E-state index is 0.0336. The zero-order valence-electron chi connectivity index (χ0n) is 13.9. The molecule has 1 amide bonds. The molecule has 2 aliphatic carbocycles. The van der Waals surface area contributed by atoms with Gasteiger partial charge in [0.1, 0.15) is 11.5 Å². The van der Waals surface area contributed by atoms with Crippen molar-refractivity contribution in [3.63, 3.8) is 0 Å². The van der Waals surface area contributed by atoms with Gasteiger partial charge in [-0.3, -0.25) is 14.6 Å². The Balaban J connectivity index is 1.41. The average molecular weight is 326 g/mol. The Kier molecular flexibility index (Phi) is 2.90. The molecule has 5 rings (SSSR count). The van der Waals surface area contributed by atoms with Crippen LogP contribution in [-0.2, 0) is 7.05 Å². The molecule has 1 N–H and O–H groups in total. The number of amides is 1. The molecule has 7 nitrogen and oxygen atoms in total. The highest BCUT2D eigenvalue weighted by atomic mass is 16.2. The predicted octanol–water partition coefficient (Wildman–Crippen LogP) is 1.83. The fourth-order valence-corrected chi connectivity index (χ4v) is 4.30. The molecule has 3 heterocycles. The van der Waals surface area contributed by atoms with Crippen molar-refractivity contribution in [2.24, 2.45) is 12.5 Å². The van der Waals surface area contributed by atoms with Gasteiger partial charge in [-0.15, -0.1) is 0 Å². The van der Waals surface area contributed by atoms with Gasteiger partial charge in [-0.1, -0.05) is 6.42 Å². The first kappa shape index (κ1) is 14.2. The van der Waals surface area contributed by atoms with E-state index in [1.165, 1.54) is 32.1 Å². The molecule has 1 unspecified atom stereocenters. The molecular formula is C17H22N6O. The lowest BCUT2D eigenvalue weighted by Gasteiger charge is -2.41. The molecule has 2 aromatic heterocycles. The normalized spacial score (nSPS) is 25.2. The maximum absolute atomic E-state index is 12.8. The van der Waals surface area contributed by atoms with Gasteiger partial charge in [-0.25, -0.2) is 4.98 Å². The van der Waals surface area contributed by atoms with Gasteiger partial charge in [-0.05, 0) is 37.2 Å². The Morgan fingerprint density at radius 1 is 1.38 bits per heavy atom. The number of rotatable bonds is 3. The van der Waals surface area contributed by atoms with E-state index in [1.807, 2.05) is 18.1 Å². The SMILES string of the molecule is Cn1ccc(C(=O)N2CC(c3nc(C4CC4)n[nH]3)C3(CCC3)C2)n1. The van der Waals surface area contributed by atoms with Crippen LogP contribution >= 0.6 is 0 Å². The minimum absolute atomic E-state index is 0.0336. The van der Waals surface area contributed by atoms with E-state index in [-0.39, 0.29) is 17.2 Å². The van der Waals surface area contributed by atoms with Crippen molar-refractivity contribution in [2.45, 2.75) is 43.9 Å². The monoisotopic (exact) mass is 326 g/mol. The number of carbonyl (C=O) groups is 1. The van der Waals surface area contributed by atoms with Crippen molar-refractivity contribution in [1.82, 2.24) is 29.9 Å². The second-order valence-corrected chi connectivity index (χ2v) is 7.68. The molecular weight excluding hydrogens is 304 g/mol. The summed E-state index contributed by atoms with van der Waals surface area (Å²) in [6.07, 6.45) is 7.81. The first-order valence-corrected chi connectivity index (χ1v) is 8.86. The molecule has 0 aromatic carbocycles. The largest absolute Gasteiger partial charge is 0.336 e. The second-order valence-electron chi connectivity index (χ2n) is 7.68. The fourth-order valence-electron chi connectivity index (χ4n) is 4.30. The Bertz CT molecular complexity index is 785. The maximum atomic E-state index is 12.8. The number of hydrogen-bond acceptors (Lipinski definition) is 4. The summed E-state index contributed by atoms with van der Waals surface area (Å²) in [5.74, 6) is 2.81. The first-order valence-electron chi connectivity index (χ1n) is 8.86. The number of aromatic nitrogens is 5. The van der Waals surface area contributed by atoms with Gasteiger partial charge in [0.2, 0.25) is 0 Å². The van der Waals surface area contributed by atoms with Crippen molar-refractivity contribution < 1.29 is 4.79 Å². The number of aromatic amines is 1. The van der Waals surface area contributed by atoms with Crippen molar-refractivity contribution in [1.29, 1.82) is 0 Å². The average Bonchev–Trinajstić information content (AvgIpc) is 2.99. The first-order chi connectivity index (χ1) is 11.6. The van der Waals surface area contributed by atoms with E-state index in [1.54, 1.807) is 10.7 Å². The third kappa shape index (κ3) is 2.10. The lowest BCUT2D eigenvalue weighted by atomic mass is 9.62. The van der Waals surface area contributed by atoms with Crippen LogP contribution in [-0.4, -0.2) is 48.9 Å². The van der Waals surface area contributed by atoms with Crippen LogP contribution in [0.1, 0.15) is 66.1 Å². The van der Waals surface area contributed by atoms with Crippen LogP contribution in [0.5, 0.6) is 0 Å². The second kappa shape index (κ2) is 4.91. The van der Waals surface area contributed by atoms with Gasteiger partial charge in [0.15, 0.2) is 5.82 Å². The predicted molar refractivity (Wildman–Crippen MR) is 86.5 cm³/mol. The molecule has 2 aromatic rings. The maximum Gasteiger partial charge on any atom is 0.274 e. The molecule has 1 spiro atoms. The summed E-state index contributed by atoms with van der Waals surface area (Å²) in [4.78, 5) is 19.5. The quantitative estimate of drug-likeness (QED) is 0.933. The van der Waals surface area contributed by atoms with Crippen LogP contribution in [0.2, 0.25) is 0 Å². The van der Waals surface area contributed by atoms with Gasteiger partial charge < -0.3 is 4.90 Å². The molecule has 0 radical (unpaired) electrons. The summed E-state index contributed by atoms with van der Waals surface area (Å²) in [6.45, 7) is 1.53. The molecule has 3 fully saturated rings. The Hall–Kier alpha value is -2.18. The highest BCUT2D eigenvalue weighted by molar-refractivity contribution is 5.92. The number of likely N-dealkylation sites (tertiary alicyclic amines) is 1. The standard InChI is InChI=1S/C17H22N6O/c1-22-8-5-13(21-22)16(24)23-9-12(17(10-23)6-2-7-17)15-18-14(19-20-15)11-3-4-11/h5,8,11-12H,2-4,6-7,9-10H2,1H3,(H,18,19,20). The molecule has 0 bridgehead atoms. The molecule has 1 aliphatic heterocycles. The zero-order valence-corrected chi connectivity index (χ0v) is 13.9. The summed E-state index contributed by atoms with van der Waals surface area (Å²) in [5.41, 5.74) is 0.717. The number of hydrogen-bond donors (Lipinski definition) is 1. The third-order valence-corrected chi connectivity index (χ3v) is 6.01. The number of H-pyrrole nitrogens is 1. The molecule has 1 saturated heterocycles. The summed E-state index contributed by atoms with van der Waals surface area (Å²) in [7, 11) is 1.84. The van der Waals surface area contributed by atoms with E-state index >= 15 is 0 Å². The Morgan fingerprint density at radius 3 is 2.83 bits per heavy atom. The van der Waals surface area contributed by atoms with Gasteiger partial charge in [0.25, 0.3) is 5.91 Å². The molecule has 3 aliphatic rings. The van der Waals surface area contributed by atoms with Crippen molar-refractivity contribution >= 4 is 5.91 Å². The van der Waals surface area contributed by atoms with Crippen LogP contribution in [0.25, 0.3) is 0 Å². The van der Waals surface area contributed by atoms with Crippen LogP contribution in [0.15, 0.2) is 12.3 Å². The fraction of sp³-hybridized carbons (Fsp3) is 0.647. The van der Waals surface area contributed by atoms with Crippen LogP contribution in [0, 0.1) is 5.41 Å². The summed E-state index contributed by atoms with van der Waals surface area (Å²) < 4.78 is 1.68. The van der Waals surface area contributed by atoms with E-state index < -0.39 is 0 Å². The van der Waals surface area contributed by atoms with Crippen LogP contribution in [0.3, 0.4) is 0 Å². The van der Waals surface area contributed by atoms with Crippen molar-refractivity contribution in [3.05, 3.63) is 29.6 Å². The topological polar surface area (TPSA) is 79.7 Å². The van der Waals surface area contributed by atoms with E-state index in [0.29, 0.717) is 18.2 Å². The van der Waals surface area contributed by atoms with Crippen molar-refractivity contribution in [2.75, 3.05) is 13.1 Å². The van der Waals surface area contributed by atoms with E-state index in [0.717, 1.165) is 18.2 Å². The summed E-state index contributed by atoms with van der Waals surface area (Å²) in [6, 6.07) is 1.79. The lowest BCUT2D eigenvalue weighted by Crippen LogP contribution is -2.38. The number of nitrogens with one attached hydrogen (secondary N) is 1. The lowest BCUT2D eigenvalue weighted by molar-refractivity contribution is 0.0718.